The highest BCUT2D eigenvalue weighted by atomic mass is 16.2. The molecule has 5 rings (SSSR count). The molecule has 2 N–H and O–H groups in total. The van der Waals surface area contributed by atoms with Crippen molar-refractivity contribution < 1.29 is 4.79 Å². The SMILES string of the molecule is CC(C)NC(=O)Nc1ccc(-c2c(C#N)c3ccc(-n4ccccc4=O)cc3n2C2CCC2)cc1. The fourth-order valence-electron chi connectivity index (χ4n) is 4.65. The Kier molecular flexibility index (Phi) is 5.87. The molecule has 0 radical (unpaired) electrons. The van der Waals surface area contributed by atoms with E-state index in [1.165, 1.54) is 0 Å². The molecule has 2 amide bonds. The zero-order valence-corrected chi connectivity index (χ0v) is 19.8. The Morgan fingerprint density at radius 1 is 1.09 bits per heavy atom. The summed E-state index contributed by atoms with van der Waals surface area (Å²) in [5, 5.41) is 16.7. The van der Waals surface area contributed by atoms with E-state index in [1.54, 1.807) is 22.9 Å². The van der Waals surface area contributed by atoms with Gasteiger partial charge in [0.1, 0.15) is 6.07 Å². The third-order valence-corrected chi connectivity index (χ3v) is 6.48. The number of aromatic nitrogens is 2. The van der Waals surface area contributed by atoms with Gasteiger partial charge in [0.25, 0.3) is 5.56 Å². The first-order valence-electron chi connectivity index (χ1n) is 11.9. The third-order valence-electron chi connectivity index (χ3n) is 6.48. The second-order valence-corrected chi connectivity index (χ2v) is 9.23. The zero-order chi connectivity index (χ0) is 24.5. The highest BCUT2D eigenvalue weighted by molar-refractivity contribution is 5.96. The second kappa shape index (κ2) is 9.15. The van der Waals surface area contributed by atoms with E-state index in [1.807, 2.05) is 62.4 Å². The molecule has 0 bridgehead atoms. The molecule has 0 spiro atoms. The van der Waals surface area contributed by atoms with Gasteiger partial charge in [-0.2, -0.15) is 5.26 Å². The van der Waals surface area contributed by atoms with Gasteiger partial charge in [-0.3, -0.25) is 9.36 Å². The van der Waals surface area contributed by atoms with Gasteiger partial charge in [-0.15, -0.1) is 0 Å². The molecule has 7 nitrogen and oxygen atoms in total. The molecule has 1 aliphatic rings. The maximum Gasteiger partial charge on any atom is 0.319 e. The van der Waals surface area contributed by atoms with Crippen molar-refractivity contribution in [2.24, 2.45) is 0 Å². The van der Waals surface area contributed by atoms with Gasteiger partial charge in [-0.25, -0.2) is 4.79 Å². The molecule has 176 valence electrons. The molecule has 1 fully saturated rings. The van der Waals surface area contributed by atoms with Crippen LogP contribution in [0.4, 0.5) is 10.5 Å². The van der Waals surface area contributed by atoms with E-state index in [9.17, 15) is 14.9 Å². The normalized spacial score (nSPS) is 13.4. The average molecular weight is 466 g/mol. The molecular weight excluding hydrogens is 438 g/mol. The Morgan fingerprint density at radius 3 is 2.49 bits per heavy atom. The highest BCUT2D eigenvalue weighted by Gasteiger charge is 2.28. The summed E-state index contributed by atoms with van der Waals surface area (Å²) in [4.78, 5) is 24.5. The first-order chi connectivity index (χ1) is 17.0. The summed E-state index contributed by atoms with van der Waals surface area (Å²) in [5.74, 6) is 0. The van der Waals surface area contributed by atoms with Crippen molar-refractivity contribution >= 4 is 22.6 Å². The number of urea groups is 1. The van der Waals surface area contributed by atoms with Crippen LogP contribution in [0.2, 0.25) is 0 Å². The van der Waals surface area contributed by atoms with E-state index >= 15 is 0 Å². The molecular formula is C28H27N5O2. The molecule has 4 aromatic rings. The number of nitrogens with one attached hydrogen (secondary N) is 2. The molecule has 1 aliphatic carbocycles. The minimum atomic E-state index is -0.252. The van der Waals surface area contributed by atoms with Gasteiger partial charge in [-0.05, 0) is 75.1 Å². The van der Waals surface area contributed by atoms with Gasteiger partial charge in [0.2, 0.25) is 0 Å². The fourth-order valence-corrected chi connectivity index (χ4v) is 4.65. The summed E-state index contributed by atoms with van der Waals surface area (Å²) < 4.78 is 3.88. The lowest BCUT2D eigenvalue weighted by Crippen LogP contribution is -2.34. The number of anilines is 1. The van der Waals surface area contributed by atoms with Crippen molar-refractivity contribution in [3.05, 3.63) is 82.8 Å². The lowest BCUT2D eigenvalue weighted by atomic mass is 9.92. The van der Waals surface area contributed by atoms with Gasteiger partial charge >= 0.3 is 6.03 Å². The summed E-state index contributed by atoms with van der Waals surface area (Å²) in [6.45, 7) is 3.82. The van der Waals surface area contributed by atoms with Crippen molar-refractivity contribution in [1.29, 1.82) is 5.26 Å². The third kappa shape index (κ3) is 4.19. The smallest absolute Gasteiger partial charge is 0.319 e. The number of rotatable bonds is 5. The van der Waals surface area contributed by atoms with Crippen LogP contribution in [-0.2, 0) is 0 Å². The number of carbonyl (C=O) groups excluding carboxylic acids is 1. The van der Waals surface area contributed by atoms with E-state index in [4.69, 9.17) is 0 Å². The van der Waals surface area contributed by atoms with Gasteiger partial charge in [0.15, 0.2) is 0 Å². The number of hydrogen-bond acceptors (Lipinski definition) is 3. The average Bonchev–Trinajstić information content (AvgIpc) is 3.11. The summed E-state index contributed by atoms with van der Waals surface area (Å²) in [6, 6.07) is 21.0. The second-order valence-electron chi connectivity index (χ2n) is 9.23. The molecule has 1 saturated carbocycles. The summed E-state index contributed by atoms with van der Waals surface area (Å²) in [6.07, 6.45) is 5.00. The number of nitriles is 1. The van der Waals surface area contributed by atoms with E-state index in [-0.39, 0.29) is 17.6 Å². The Bertz CT molecular complexity index is 1500. The van der Waals surface area contributed by atoms with Crippen LogP contribution < -0.4 is 16.2 Å². The van der Waals surface area contributed by atoms with Gasteiger partial charge in [-0.1, -0.05) is 18.2 Å². The van der Waals surface area contributed by atoms with E-state index in [0.29, 0.717) is 17.3 Å². The number of fused-ring (bicyclic) bond motifs is 1. The van der Waals surface area contributed by atoms with E-state index in [0.717, 1.165) is 47.1 Å². The summed E-state index contributed by atoms with van der Waals surface area (Å²) in [7, 11) is 0. The number of nitrogens with zero attached hydrogens (tertiary/aromatic N) is 3. The molecule has 0 atom stereocenters. The molecule has 7 heteroatoms. The molecule has 0 aliphatic heterocycles. The van der Waals surface area contributed by atoms with Crippen LogP contribution in [0.5, 0.6) is 0 Å². The van der Waals surface area contributed by atoms with Crippen LogP contribution in [0.15, 0.2) is 71.7 Å². The monoisotopic (exact) mass is 465 g/mol. The van der Waals surface area contributed by atoms with Crippen LogP contribution in [0.3, 0.4) is 0 Å². The van der Waals surface area contributed by atoms with Crippen LogP contribution in [-0.4, -0.2) is 21.2 Å². The molecule has 0 saturated heterocycles. The molecule has 2 heterocycles. The summed E-state index contributed by atoms with van der Waals surface area (Å²) >= 11 is 0. The lowest BCUT2D eigenvalue weighted by molar-refractivity contribution is 0.250. The first-order valence-corrected chi connectivity index (χ1v) is 11.9. The van der Waals surface area contributed by atoms with Crippen molar-refractivity contribution in [1.82, 2.24) is 14.5 Å². The van der Waals surface area contributed by atoms with Gasteiger partial charge in [0, 0.05) is 35.4 Å². The largest absolute Gasteiger partial charge is 0.336 e. The number of amides is 2. The molecule has 2 aromatic heterocycles. The van der Waals surface area contributed by atoms with Crippen molar-refractivity contribution in [2.75, 3.05) is 5.32 Å². The lowest BCUT2D eigenvalue weighted by Gasteiger charge is -2.30. The van der Waals surface area contributed by atoms with Crippen molar-refractivity contribution in [3.63, 3.8) is 0 Å². The highest BCUT2D eigenvalue weighted by Crippen LogP contribution is 2.43. The standard InChI is InChI=1S/C28H27N5O2/c1-18(2)30-28(35)31-20-11-9-19(10-12-20)27-24(17-29)23-14-13-22(32-15-4-3-8-26(32)34)16-25(23)33(27)21-6-5-7-21/h3-4,8-16,18,21H,5-7H2,1-2H3,(H2,30,31,35). The minimum absolute atomic E-state index is 0.0438. The van der Waals surface area contributed by atoms with Gasteiger partial charge in [0.05, 0.1) is 22.5 Å². The Labute approximate surface area is 203 Å². The maximum atomic E-state index is 12.4. The fraction of sp³-hybridized carbons (Fsp3) is 0.250. The minimum Gasteiger partial charge on any atom is -0.336 e. The number of hydrogen-bond donors (Lipinski definition) is 2. The Hall–Kier alpha value is -4.31. The van der Waals surface area contributed by atoms with Crippen molar-refractivity contribution in [2.45, 2.75) is 45.2 Å². The predicted molar refractivity (Wildman–Crippen MR) is 138 cm³/mol. The number of benzene rings is 2. The topological polar surface area (TPSA) is 91.8 Å². The number of carbonyl (C=O) groups is 1. The number of pyridine rings is 1. The molecule has 0 unspecified atom stereocenters. The van der Waals surface area contributed by atoms with E-state index < -0.39 is 0 Å². The van der Waals surface area contributed by atoms with Gasteiger partial charge < -0.3 is 15.2 Å². The predicted octanol–water partition coefficient (Wildman–Crippen LogP) is 5.59. The molecule has 35 heavy (non-hydrogen) atoms. The quantitative estimate of drug-likeness (QED) is 0.403. The van der Waals surface area contributed by atoms with Crippen molar-refractivity contribution in [3.8, 4) is 23.0 Å². The molecule has 2 aromatic carbocycles. The first kappa shape index (κ1) is 22.5. The van der Waals surface area contributed by atoms with Crippen LogP contribution in [0, 0.1) is 11.3 Å². The Morgan fingerprint density at radius 2 is 1.86 bits per heavy atom. The van der Waals surface area contributed by atoms with Crippen LogP contribution in [0.1, 0.15) is 44.7 Å². The Balaban J connectivity index is 1.62. The summed E-state index contributed by atoms with van der Waals surface area (Å²) in [5.41, 5.74) is 4.72. The van der Waals surface area contributed by atoms with Crippen LogP contribution >= 0.6 is 0 Å². The zero-order valence-electron chi connectivity index (χ0n) is 19.8. The maximum absolute atomic E-state index is 12.4. The van der Waals surface area contributed by atoms with Crippen LogP contribution in [0.25, 0.3) is 27.8 Å². The van der Waals surface area contributed by atoms with E-state index in [2.05, 4.69) is 21.3 Å².